The van der Waals surface area contributed by atoms with E-state index in [1.54, 1.807) is 0 Å². The highest BCUT2D eigenvalue weighted by molar-refractivity contribution is 5.07. The molecule has 0 aromatic carbocycles. The monoisotopic (exact) mass is 238 g/mol. The molecule has 0 aromatic heterocycles. The minimum absolute atomic E-state index is 0.338. The third-order valence-corrected chi connectivity index (χ3v) is 4.60. The standard InChI is InChI=1S/C15H30N2/c1-6-13(2)12-14(16-3)15(17(4)5)10-8-7-9-11-15/h14,16H,2,6-12H2,1,3-5H3. The molecule has 1 N–H and O–H groups in total. The predicted molar refractivity (Wildman–Crippen MR) is 76.4 cm³/mol. The number of nitrogens with one attached hydrogen (secondary N) is 1. The maximum Gasteiger partial charge on any atom is 0.0359 e. The fraction of sp³-hybridized carbons (Fsp3) is 0.867. The Labute approximate surface area is 107 Å². The van der Waals surface area contributed by atoms with Gasteiger partial charge in [0.1, 0.15) is 0 Å². The molecular weight excluding hydrogens is 208 g/mol. The van der Waals surface area contributed by atoms with Crippen molar-refractivity contribution in [2.24, 2.45) is 0 Å². The molecule has 1 saturated carbocycles. The van der Waals surface area contributed by atoms with Gasteiger partial charge in [-0.25, -0.2) is 0 Å². The Morgan fingerprint density at radius 1 is 1.29 bits per heavy atom. The van der Waals surface area contributed by atoms with E-state index in [0.717, 1.165) is 12.8 Å². The molecule has 2 heteroatoms. The van der Waals surface area contributed by atoms with E-state index in [4.69, 9.17) is 0 Å². The zero-order chi connectivity index (χ0) is 12.9. The Morgan fingerprint density at radius 3 is 2.29 bits per heavy atom. The van der Waals surface area contributed by atoms with Crippen molar-refractivity contribution in [3.8, 4) is 0 Å². The second-order valence-corrected chi connectivity index (χ2v) is 5.71. The van der Waals surface area contributed by atoms with Crippen LogP contribution in [0.5, 0.6) is 0 Å². The van der Waals surface area contributed by atoms with Crippen LogP contribution in [0, 0.1) is 0 Å². The Balaban J connectivity index is 2.82. The predicted octanol–water partition coefficient (Wildman–Crippen LogP) is 3.20. The van der Waals surface area contributed by atoms with Gasteiger partial charge in [-0.05, 0) is 46.8 Å². The lowest BCUT2D eigenvalue weighted by Crippen LogP contribution is -2.59. The van der Waals surface area contributed by atoms with Gasteiger partial charge in [-0.3, -0.25) is 0 Å². The molecule has 0 spiro atoms. The summed E-state index contributed by atoms with van der Waals surface area (Å²) in [5.41, 5.74) is 1.71. The number of hydrogen-bond acceptors (Lipinski definition) is 2. The summed E-state index contributed by atoms with van der Waals surface area (Å²) in [7, 11) is 6.59. The van der Waals surface area contributed by atoms with E-state index in [2.05, 4.69) is 44.9 Å². The zero-order valence-electron chi connectivity index (χ0n) is 12.2. The van der Waals surface area contributed by atoms with Crippen LogP contribution in [-0.4, -0.2) is 37.6 Å². The highest BCUT2D eigenvalue weighted by atomic mass is 15.2. The Morgan fingerprint density at radius 2 is 1.88 bits per heavy atom. The van der Waals surface area contributed by atoms with Gasteiger partial charge in [0.05, 0.1) is 0 Å². The van der Waals surface area contributed by atoms with E-state index in [9.17, 15) is 0 Å². The molecule has 0 radical (unpaired) electrons. The van der Waals surface area contributed by atoms with Crippen LogP contribution in [0.15, 0.2) is 12.2 Å². The quantitative estimate of drug-likeness (QED) is 0.715. The summed E-state index contributed by atoms with van der Waals surface area (Å²) in [4.78, 5) is 2.45. The van der Waals surface area contributed by atoms with Crippen molar-refractivity contribution in [1.29, 1.82) is 0 Å². The van der Waals surface area contributed by atoms with Crippen LogP contribution in [0.3, 0.4) is 0 Å². The van der Waals surface area contributed by atoms with Gasteiger partial charge in [0.15, 0.2) is 0 Å². The SMILES string of the molecule is C=C(CC)CC(NC)C1(N(C)C)CCCCC1. The molecule has 2 nitrogen and oxygen atoms in total. The van der Waals surface area contributed by atoms with Crippen molar-refractivity contribution >= 4 is 0 Å². The van der Waals surface area contributed by atoms with Crippen LogP contribution >= 0.6 is 0 Å². The van der Waals surface area contributed by atoms with Crippen LogP contribution in [0.4, 0.5) is 0 Å². The largest absolute Gasteiger partial charge is 0.315 e. The van der Waals surface area contributed by atoms with E-state index in [0.29, 0.717) is 11.6 Å². The zero-order valence-corrected chi connectivity index (χ0v) is 12.2. The second-order valence-electron chi connectivity index (χ2n) is 5.71. The number of rotatable bonds is 6. The lowest BCUT2D eigenvalue weighted by molar-refractivity contribution is 0.0596. The van der Waals surface area contributed by atoms with E-state index in [1.165, 1.54) is 37.7 Å². The molecule has 1 unspecified atom stereocenters. The summed E-state index contributed by atoms with van der Waals surface area (Å²) in [5.74, 6) is 0. The molecular formula is C15H30N2. The first kappa shape index (κ1) is 14.7. The summed E-state index contributed by atoms with van der Waals surface area (Å²) in [6.07, 6.45) is 9.00. The van der Waals surface area contributed by atoms with Gasteiger partial charge < -0.3 is 10.2 Å². The smallest absolute Gasteiger partial charge is 0.0359 e. The fourth-order valence-electron chi connectivity index (χ4n) is 3.27. The molecule has 17 heavy (non-hydrogen) atoms. The normalized spacial score (nSPS) is 21.5. The maximum absolute atomic E-state index is 4.19. The number of nitrogens with zero attached hydrogens (tertiary/aromatic N) is 1. The van der Waals surface area contributed by atoms with E-state index in [1.807, 2.05) is 0 Å². The van der Waals surface area contributed by atoms with Crippen molar-refractivity contribution in [3.63, 3.8) is 0 Å². The lowest BCUT2D eigenvalue weighted by Gasteiger charge is -2.49. The van der Waals surface area contributed by atoms with Crippen LogP contribution in [0.25, 0.3) is 0 Å². The van der Waals surface area contributed by atoms with Crippen molar-refractivity contribution < 1.29 is 0 Å². The fourth-order valence-corrected chi connectivity index (χ4v) is 3.27. The summed E-state index contributed by atoms with van der Waals surface area (Å²) < 4.78 is 0. The third kappa shape index (κ3) is 3.32. The molecule has 1 fully saturated rings. The number of hydrogen-bond donors (Lipinski definition) is 1. The number of likely N-dealkylation sites (N-methyl/N-ethyl adjacent to an activating group) is 2. The molecule has 0 aromatic rings. The molecule has 1 atom stereocenters. The van der Waals surface area contributed by atoms with Gasteiger partial charge in [0.2, 0.25) is 0 Å². The molecule has 0 saturated heterocycles. The summed E-state index contributed by atoms with van der Waals surface area (Å²) in [6, 6.07) is 0.547. The van der Waals surface area contributed by atoms with Gasteiger partial charge in [-0.1, -0.05) is 38.3 Å². The Kier molecular flexibility index (Phi) is 5.68. The Bertz CT molecular complexity index is 239. The van der Waals surface area contributed by atoms with Crippen molar-refractivity contribution in [1.82, 2.24) is 10.2 Å². The molecule has 1 aliphatic rings. The first-order valence-corrected chi connectivity index (χ1v) is 7.08. The summed E-state index contributed by atoms with van der Waals surface area (Å²) in [5, 5.41) is 3.56. The minimum atomic E-state index is 0.338. The topological polar surface area (TPSA) is 15.3 Å². The van der Waals surface area contributed by atoms with Crippen LogP contribution in [-0.2, 0) is 0 Å². The highest BCUT2D eigenvalue weighted by Crippen LogP contribution is 2.37. The van der Waals surface area contributed by atoms with Gasteiger partial charge >= 0.3 is 0 Å². The first-order chi connectivity index (χ1) is 8.06. The van der Waals surface area contributed by atoms with Gasteiger partial charge in [0.25, 0.3) is 0 Å². The molecule has 0 amide bonds. The first-order valence-electron chi connectivity index (χ1n) is 7.08. The van der Waals surface area contributed by atoms with Gasteiger partial charge in [0, 0.05) is 11.6 Å². The van der Waals surface area contributed by atoms with E-state index >= 15 is 0 Å². The second kappa shape index (κ2) is 6.55. The molecule has 0 heterocycles. The molecule has 0 bridgehead atoms. The van der Waals surface area contributed by atoms with Crippen LogP contribution in [0.2, 0.25) is 0 Å². The molecule has 100 valence electrons. The summed E-state index contributed by atoms with van der Waals surface area (Å²) in [6.45, 7) is 6.39. The van der Waals surface area contributed by atoms with Crippen molar-refractivity contribution in [3.05, 3.63) is 12.2 Å². The minimum Gasteiger partial charge on any atom is -0.315 e. The van der Waals surface area contributed by atoms with Crippen molar-refractivity contribution in [2.45, 2.75) is 63.5 Å². The van der Waals surface area contributed by atoms with E-state index < -0.39 is 0 Å². The average molecular weight is 238 g/mol. The molecule has 0 aliphatic heterocycles. The maximum atomic E-state index is 4.19. The third-order valence-electron chi connectivity index (χ3n) is 4.60. The van der Waals surface area contributed by atoms with Gasteiger partial charge in [-0.15, -0.1) is 0 Å². The summed E-state index contributed by atoms with van der Waals surface area (Å²) >= 11 is 0. The van der Waals surface area contributed by atoms with Gasteiger partial charge in [-0.2, -0.15) is 0 Å². The molecule has 1 rings (SSSR count). The van der Waals surface area contributed by atoms with Crippen molar-refractivity contribution in [2.75, 3.05) is 21.1 Å². The molecule has 1 aliphatic carbocycles. The highest BCUT2D eigenvalue weighted by Gasteiger charge is 2.40. The average Bonchev–Trinajstić information content (AvgIpc) is 2.36. The van der Waals surface area contributed by atoms with Crippen LogP contribution in [0.1, 0.15) is 51.9 Å². The van der Waals surface area contributed by atoms with E-state index in [-0.39, 0.29) is 0 Å². The van der Waals surface area contributed by atoms with Crippen LogP contribution < -0.4 is 5.32 Å². The lowest BCUT2D eigenvalue weighted by atomic mass is 9.73. The Hall–Kier alpha value is -0.340.